The van der Waals surface area contributed by atoms with Crippen molar-refractivity contribution in [2.45, 2.75) is 38.9 Å². The Hall–Kier alpha value is -3.22. The minimum absolute atomic E-state index is 0.280. The van der Waals surface area contributed by atoms with Crippen LogP contribution in [0.25, 0.3) is 0 Å². The van der Waals surface area contributed by atoms with Gasteiger partial charge in [0.15, 0.2) is 0 Å². The monoisotopic (exact) mass is 402 g/mol. The zero-order chi connectivity index (χ0) is 21.9. The summed E-state index contributed by atoms with van der Waals surface area (Å²) in [4.78, 5) is 68.5. The molecule has 0 heterocycles. The summed E-state index contributed by atoms with van der Waals surface area (Å²) in [6, 6.07) is -3.01. The van der Waals surface area contributed by atoms with E-state index in [1.807, 2.05) is 0 Å². The van der Waals surface area contributed by atoms with Crippen molar-refractivity contribution in [3.8, 4) is 0 Å². The fourth-order valence-electron chi connectivity index (χ4n) is 1.72. The fourth-order valence-corrected chi connectivity index (χ4v) is 1.72. The summed E-state index contributed by atoms with van der Waals surface area (Å²) in [7, 11) is 0. The van der Waals surface area contributed by atoms with Crippen LogP contribution >= 0.6 is 0 Å². The van der Waals surface area contributed by atoms with Crippen molar-refractivity contribution in [2.24, 2.45) is 5.73 Å². The molecule has 3 atom stereocenters. The molecule has 0 unspecified atom stereocenters. The molecule has 0 rings (SSSR count). The van der Waals surface area contributed by atoms with Crippen LogP contribution in [0.2, 0.25) is 0 Å². The molecule has 158 valence electrons. The number of nitrogens with one attached hydrogen (secondary N) is 5. The van der Waals surface area contributed by atoms with Crippen LogP contribution in [0.3, 0.4) is 0 Å². The minimum Gasteiger partial charge on any atom is -0.480 e. The smallest absolute Gasteiger partial charge is 0.325 e. The van der Waals surface area contributed by atoms with E-state index in [1.165, 1.54) is 20.8 Å². The number of carboxylic acids is 1. The average Bonchev–Trinajstić information content (AvgIpc) is 2.63. The topological polar surface area (TPSA) is 209 Å². The number of amides is 5. The molecule has 0 fully saturated rings. The van der Waals surface area contributed by atoms with E-state index in [9.17, 15) is 28.8 Å². The number of carboxylic acid groups (broad SMARTS) is 1. The first-order valence-electron chi connectivity index (χ1n) is 8.34. The lowest BCUT2D eigenvalue weighted by molar-refractivity contribution is -0.141. The van der Waals surface area contributed by atoms with E-state index in [2.05, 4.69) is 26.6 Å². The highest BCUT2D eigenvalue weighted by atomic mass is 16.4. The molecular formula is C15H26N6O7. The Labute approximate surface area is 161 Å². The molecule has 28 heavy (non-hydrogen) atoms. The van der Waals surface area contributed by atoms with Crippen LogP contribution in [0.5, 0.6) is 0 Å². The second-order valence-corrected chi connectivity index (χ2v) is 5.85. The Bertz CT molecular complexity index is 624. The van der Waals surface area contributed by atoms with Gasteiger partial charge in [-0.3, -0.25) is 28.8 Å². The molecule has 0 aliphatic heterocycles. The van der Waals surface area contributed by atoms with Crippen LogP contribution in [-0.2, 0) is 28.8 Å². The molecule has 5 amide bonds. The summed E-state index contributed by atoms with van der Waals surface area (Å²) in [5.74, 6) is -4.42. The van der Waals surface area contributed by atoms with Gasteiger partial charge in [-0.2, -0.15) is 0 Å². The van der Waals surface area contributed by atoms with Gasteiger partial charge in [-0.1, -0.05) is 0 Å². The highest BCUT2D eigenvalue weighted by Crippen LogP contribution is 1.85. The standard InChI is InChI=1S/C15H26N6O7/c1-7(19-10(22)4-16)13(25)17-5-11(23)20-8(2)14(26)18-6-12(24)21-9(3)15(27)28/h7-9H,4-6,16H2,1-3H3,(H,17,25)(H,18,26)(H,19,22)(H,20,23)(H,21,24)(H,27,28)/t7-,8-,9-/m0/s1. The number of hydrogen-bond acceptors (Lipinski definition) is 7. The van der Waals surface area contributed by atoms with Gasteiger partial charge in [-0.05, 0) is 20.8 Å². The van der Waals surface area contributed by atoms with Crippen molar-refractivity contribution < 1.29 is 33.9 Å². The zero-order valence-corrected chi connectivity index (χ0v) is 15.8. The second kappa shape index (κ2) is 12.2. The summed E-state index contributed by atoms with van der Waals surface area (Å²) in [6.07, 6.45) is 0. The van der Waals surface area contributed by atoms with Crippen LogP contribution in [0, 0.1) is 0 Å². The van der Waals surface area contributed by atoms with E-state index in [4.69, 9.17) is 10.8 Å². The molecule has 0 radical (unpaired) electrons. The summed E-state index contributed by atoms with van der Waals surface area (Å²) >= 11 is 0. The van der Waals surface area contributed by atoms with Crippen LogP contribution < -0.4 is 32.3 Å². The van der Waals surface area contributed by atoms with Crippen LogP contribution in [0.1, 0.15) is 20.8 Å². The number of nitrogens with two attached hydrogens (primary N) is 1. The van der Waals surface area contributed by atoms with Gasteiger partial charge in [-0.15, -0.1) is 0 Å². The maximum atomic E-state index is 11.8. The Balaban J connectivity index is 4.23. The lowest BCUT2D eigenvalue weighted by atomic mass is 10.3. The van der Waals surface area contributed by atoms with Crippen molar-refractivity contribution in [3.63, 3.8) is 0 Å². The average molecular weight is 402 g/mol. The Morgan fingerprint density at radius 2 is 1.07 bits per heavy atom. The van der Waals surface area contributed by atoms with Gasteiger partial charge in [-0.25, -0.2) is 0 Å². The van der Waals surface area contributed by atoms with Gasteiger partial charge in [0.2, 0.25) is 29.5 Å². The molecule has 0 bridgehead atoms. The molecule has 0 aliphatic rings. The van der Waals surface area contributed by atoms with E-state index in [0.29, 0.717) is 0 Å². The first-order valence-corrected chi connectivity index (χ1v) is 8.34. The van der Waals surface area contributed by atoms with E-state index < -0.39 is 66.7 Å². The molecule has 8 N–H and O–H groups in total. The summed E-state index contributed by atoms with van der Waals surface area (Å²) in [5, 5.41) is 20.0. The molecule has 0 saturated carbocycles. The molecule has 13 nitrogen and oxygen atoms in total. The van der Waals surface area contributed by atoms with Crippen LogP contribution in [-0.4, -0.2) is 78.4 Å². The van der Waals surface area contributed by atoms with E-state index in [-0.39, 0.29) is 6.54 Å². The number of rotatable bonds is 11. The molecule has 0 aromatic heterocycles. The zero-order valence-electron chi connectivity index (χ0n) is 15.8. The Morgan fingerprint density at radius 3 is 1.43 bits per heavy atom. The Morgan fingerprint density at radius 1 is 0.714 bits per heavy atom. The van der Waals surface area contributed by atoms with E-state index in [1.54, 1.807) is 0 Å². The molecule has 0 spiro atoms. The summed E-state index contributed by atoms with van der Waals surface area (Å²) in [6.45, 7) is 2.85. The van der Waals surface area contributed by atoms with Gasteiger partial charge in [0.1, 0.15) is 18.1 Å². The van der Waals surface area contributed by atoms with Crippen molar-refractivity contribution in [3.05, 3.63) is 0 Å². The van der Waals surface area contributed by atoms with Crippen LogP contribution in [0.15, 0.2) is 0 Å². The third-order valence-electron chi connectivity index (χ3n) is 3.32. The Kier molecular flexibility index (Phi) is 10.8. The third kappa shape index (κ3) is 10.1. The van der Waals surface area contributed by atoms with Crippen molar-refractivity contribution in [2.75, 3.05) is 19.6 Å². The normalized spacial score (nSPS) is 13.3. The maximum Gasteiger partial charge on any atom is 0.325 e. The SMILES string of the molecule is C[C@H](NC(=O)CNC(=O)[C@H](C)NC(=O)CNC(=O)[C@H](C)NC(=O)CN)C(=O)O. The third-order valence-corrected chi connectivity index (χ3v) is 3.32. The molecule has 0 aromatic rings. The minimum atomic E-state index is -1.22. The van der Waals surface area contributed by atoms with Gasteiger partial charge in [0.05, 0.1) is 19.6 Å². The van der Waals surface area contributed by atoms with Gasteiger partial charge < -0.3 is 37.4 Å². The molecule has 0 saturated heterocycles. The predicted octanol–water partition coefficient (Wildman–Crippen LogP) is -4.22. The largest absolute Gasteiger partial charge is 0.480 e. The summed E-state index contributed by atoms with van der Waals surface area (Å²) in [5.41, 5.74) is 5.11. The lowest BCUT2D eigenvalue weighted by Gasteiger charge is -2.16. The number of hydrogen-bond donors (Lipinski definition) is 7. The second-order valence-electron chi connectivity index (χ2n) is 5.85. The van der Waals surface area contributed by atoms with Crippen molar-refractivity contribution in [1.82, 2.24) is 26.6 Å². The maximum absolute atomic E-state index is 11.8. The number of carbonyl (C=O) groups excluding carboxylic acids is 5. The van der Waals surface area contributed by atoms with Crippen molar-refractivity contribution in [1.29, 1.82) is 0 Å². The van der Waals surface area contributed by atoms with Gasteiger partial charge >= 0.3 is 5.97 Å². The van der Waals surface area contributed by atoms with Gasteiger partial charge in [0, 0.05) is 0 Å². The highest BCUT2D eigenvalue weighted by molar-refractivity contribution is 5.93. The predicted molar refractivity (Wildman–Crippen MR) is 95.5 cm³/mol. The highest BCUT2D eigenvalue weighted by Gasteiger charge is 2.19. The molecule has 13 heteroatoms. The number of carbonyl (C=O) groups is 6. The van der Waals surface area contributed by atoms with Crippen molar-refractivity contribution >= 4 is 35.5 Å². The van der Waals surface area contributed by atoms with Crippen LogP contribution in [0.4, 0.5) is 0 Å². The van der Waals surface area contributed by atoms with E-state index >= 15 is 0 Å². The first-order chi connectivity index (χ1) is 13.0. The molecule has 0 aromatic carbocycles. The molecular weight excluding hydrogens is 376 g/mol. The first kappa shape index (κ1) is 24.8. The lowest BCUT2D eigenvalue weighted by Crippen LogP contribution is -2.52. The summed E-state index contributed by atoms with van der Waals surface area (Å²) < 4.78 is 0. The molecule has 0 aliphatic carbocycles. The quantitative estimate of drug-likeness (QED) is 0.180. The van der Waals surface area contributed by atoms with E-state index in [0.717, 1.165) is 0 Å². The van der Waals surface area contributed by atoms with Gasteiger partial charge in [0.25, 0.3) is 0 Å². The fraction of sp³-hybridized carbons (Fsp3) is 0.600. The number of aliphatic carboxylic acids is 1.